The van der Waals surface area contributed by atoms with Gasteiger partial charge in [0.15, 0.2) is 5.78 Å². The summed E-state index contributed by atoms with van der Waals surface area (Å²) in [6.07, 6.45) is 9.83. The summed E-state index contributed by atoms with van der Waals surface area (Å²) in [5.74, 6) is -0.744. The van der Waals surface area contributed by atoms with Crippen LogP contribution < -0.4 is 0 Å². The van der Waals surface area contributed by atoms with Gasteiger partial charge >= 0.3 is 0 Å². The average Bonchev–Trinajstić information content (AvgIpc) is 3.38. The maximum Gasteiger partial charge on any atom is 0.222 e. The molecule has 2 aliphatic heterocycles. The molecule has 3 atom stereocenters. The molecule has 9 heteroatoms. The number of rotatable bonds is 4. The molecule has 0 radical (unpaired) electrons. The van der Waals surface area contributed by atoms with Crippen LogP contribution in [0.4, 0.5) is 0 Å². The smallest absolute Gasteiger partial charge is 0.222 e. The monoisotopic (exact) mass is 488 g/mol. The van der Waals surface area contributed by atoms with Crippen molar-refractivity contribution in [1.29, 1.82) is 0 Å². The number of likely N-dealkylation sites (tertiary alicyclic amines) is 1. The number of epoxide rings is 1. The standard InChI is InChI=1S/C25H29ClN2O6/c1-15-11-18(29)24-17(25(26)20(31)14-19(24)30)13-16(5-2-3-6-21-22(12-15)34-21)27-33-10-9-28-8-4-7-23(28)32/h2-3,5-6,14-15,21-22,30-31H,4,7-13H2,1H3/b5-2+,6-3-,27-16-/t15-,21-,22-/m0/s1. The zero-order chi connectivity index (χ0) is 24.2. The minimum atomic E-state index is -0.321. The van der Waals surface area contributed by atoms with Crippen LogP contribution in [0.25, 0.3) is 0 Å². The highest BCUT2D eigenvalue weighted by Crippen LogP contribution is 2.38. The van der Waals surface area contributed by atoms with Gasteiger partial charge in [0.05, 0.1) is 28.9 Å². The number of oxime groups is 1. The van der Waals surface area contributed by atoms with Crippen LogP contribution in [-0.2, 0) is 20.8 Å². The van der Waals surface area contributed by atoms with Crippen molar-refractivity contribution >= 4 is 29.0 Å². The van der Waals surface area contributed by atoms with E-state index in [1.165, 1.54) is 0 Å². The maximum absolute atomic E-state index is 13.2. The zero-order valence-corrected chi connectivity index (χ0v) is 19.8. The summed E-state index contributed by atoms with van der Waals surface area (Å²) >= 11 is 6.38. The van der Waals surface area contributed by atoms with Crippen LogP contribution in [0.3, 0.4) is 0 Å². The Labute approximate surface area is 203 Å². The van der Waals surface area contributed by atoms with Gasteiger partial charge in [-0.25, -0.2) is 0 Å². The Morgan fingerprint density at radius 2 is 2.09 bits per heavy atom. The summed E-state index contributed by atoms with van der Waals surface area (Å²) in [7, 11) is 0. The lowest BCUT2D eigenvalue weighted by Gasteiger charge is -2.16. The Morgan fingerprint density at radius 3 is 2.85 bits per heavy atom. The van der Waals surface area contributed by atoms with E-state index in [2.05, 4.69) is 5.16 Å². The lowest BCUT2D eigenvalue weighted by molar-refractivity contribution is -0.128. The van der Waals surface area contributed by atoms with Gasteiger partial charge < -0.3 is 24.7 Å². The number of phenolic OH excluding ortho intramolecular Hbond substituents is 2. The second kappa shape index (κ2) is 10.6. The third-order valence-corrected chi connectivity index (χ3v) is 6.68. The van der Waals surface area contributed by atoms with Crippen LogP contribution >= 0.6 is 11.6 Å². The summed E-state index contributed by atoms with van der Waals surface area (Å²) in [6.45, 7) is 3.35. The van der Waals surface area contributed by atoms with Crippen molar-refractivity contribution in [2.75, 3.05) is 19.7 Å². The molecule has 1 aromatic rings. The van der Waals surface area contributed by atoms with Gasteiger partial charge in [0, 0.05) is 31.9 Å². The number of Topliss-reactive ketones (excluding diaryl/α,β-unsaturated/α-hetero) is 1. The largest absolute Gasteiger partial charge is 0.507 e. The first-order valence-corrected chi connectivity index (χ1v) is 11.9. The minimum Gasteiger partial charge on any atom is -0.507 e. The van der Waals surface area contributed by atoms with E-state index in [1.807, 2.05) is 19.1 Å². The minimum absolute atomic E-state index is 0.00852. The fourth-order valence-corrected chi connectivity index (χ4v) is 4.65. The molecule has 2 saturated heterocycles. The van der Waals surface area contributed by atoms with Gasteiger partial charge in [-0.1, -0.05) is 41.9 Å². The first-order chi connectivity index (χ1) is 16.3. The predicted molar refractivity (Wildman–Crippen MR) is 127 cm³/mol. The van der Waals surface area contributed by atoms with E-state index in [9.17, 15) is 19.8 Å². The number of halogens is 1. The molecule has 34 heavy (non-hydrogen) atoms. The number of ether oxygens (including phenoxy) is 1. The number of ketones is 1. The number of hydrogen-bond acceptors (Lipinski definition) is 7. The van der Waals surface area contributed by atoms with E-state index in [4.69, 9.17) is 21.2 Å². The van der Waals surface area contributed by atoms with Crippen molar-refractivity contribution in [3.63, 3.8) is 0 Å². The fourth-order valence-electron chi connectivity index (χ4n) is 4.44. The van der Waals surface area contributed by atoms with Crippen LogP contribution in [0.5, 0.6) is 11.5 Å². The number of nitrogens with zero attached hydrogens (tertiary/aromatic N) is 2. The second-order valence-corrected chi connectivity index (χ2v) is 9.39. The number of benzene rings is 1. The molecule has 2 heterocycles. The van der Waals surface area contributed by atoms with Gasteiger partial charge in [0.1, 0.15) is 24.2 Å². The molecule has 1 aliphatic carbocycles. The van der Waals surface area contributed by atoms with Crippen molar-refractivity contribution in [3.8, 4) is 11.5 Å². The van der Waals surface area contributed by atoms with Crippen molar-refractivity contribution in [2.24, 2.45) is 11.1 Å². The number of carbonyl (C=O) groups is 2. The van der Waals surface area contributed by atoms with E-state index in [-0.39, 0.29) is 71.3 Å². The van der Waals surface area contributed by atoms with Gasteiger partial charge in [-0.3, -0.25) is 9.59 Å². The Morgan fingerprint density at radius 1 is 1.26 bits per heavy atom. The first-order valence-electron chi connectivity index (χ1n) is 11.6. The molecule has 2 N–H and O–H groups in total. The lowest BCUT2D eigenvalue weighted by atomic mass is 9.90. The molecular formula is C25H29ClN2O6. The molecule has 1 aromatic carbocycles. The van der Waals surface area contributed by atoms with E-state index in [0.29, 0.717) is 24.2 Å². The molecule has 182 valence electrons. The number of hydrogen-bond donors (Lipinski definition) is 2. The van der Waals surface area contributed by atoms with E-state index >= 15 is 0 Å². The van der Waals surface area contributed by atoms with E-state index in [0.717, 1.165) is 25.5 Å². The summed E-state index contributed by atoms with van der Waals surface area (Å²) in [5.41, 5.74) is 0.815. The van der Waals surface area contributed by atoms with Gasteiger partial charge in [-0.05, 0) is 30.4 Å². The summed E-state index contributed by atoms with van der Waals surface area (Å²) in [5, 5.41) is 24.9. The number of amides is 1. The lowest BCUT2D eigenvalue weighted by Crippen LogP contribution is -2.28. The number of aromatic hydroxyl groups is 2. The molecule has 0 aromatic heterocycles. The normalized spacial score (nSPS) is 28.2. The highest BCUT2D eigenvalue weighted by molar-refractivity contribution is 6.33. The van der Waals surface area contributed by atoms with Gasteiger partial charge in [0.2, 0.25) is 5.91 Å². The van der Waals surface area contributed by atoms with Gasteiger partial charge in [0.25, 0.3) is 0 Å². The quantitative estimate of drug-likeness (QED) is 0.379. The third-order valence-electron chi connectivity index (χ3n) is 6.25. The molecule has 4 rings (SSSR count). The first kappa shape index (κ1) is 24.3. The molecule has 0 unspecified atom stereocenters. The molecule has 2 fully saturated rings. The molecule has 0 spiro atoms. The topological polar surface area (TPSA) is 112 Å². The molecule has 3 aliphatic rings. The highest BCUT2D eigenvalue weighted by Gasteiger charge is 2.37. The summed E-state index contributed by atoms with van der Waals surface area (Å²) in [4.78, 5) is 32.1. The Hall–Kier alpha value is -2.84. The van der Waals surface area contributed by atoms with Crippen molar-refractivity contribution in [3.05, 3.63) is 46.5 Å². The fraction of sp³-hybridized carbons (Fsp3) is 0.480. The third kappa shape index (κ3) is 5.80. The highest BCUT2D eigenvalue weighted by atomic mass is 35.5. The average molecular weight is 489 g/mol. The van der Waals surface area contributed by atoms with Crippen LogP contribution in [0, 0.1) is 5.92 Å². The van der Waals surface area contributed by atoms with Crippen LogP contribution in [-0.4, -0.2) is 64.4 Å². The van der Waals surface area contributed by atoms with Crippen LogP contribution in [0.2, 0.25) is 5.02 Å². The van der Waals surface area contributed by atoms with Gasteiger partial charge in [-0.2, -0.15) is 0 Å². The Balaban J connectivity index is 1.61. The zero-order valence-electron chi connectivity index (χ0n) is 19.1. The van der Waals surface area contributed by atoms with Crippen molar-refractivity contribution in [1.82, 2.24) is 4.90 Å². The summed E-state index contributed by atoms with van der Waals surface area (Å²) < 4.78 is 5.67. The molecule has 0 saturated carbocycles. The molecular weight excluding hydrogens is 460 g/mol. The van der Waals surface area contributed by atoms with Crippen molar-refractivity contribution in [2.45, 2.75) is 51.2 Å². The maximum atomic E-state index is 13.2. The van der Waals surface area contributed by atoms with Crippen LogP contribution in [0.15, 0.2) is 35.5 Å². The van der Waals surface area contributed by atoms with Gasteiger partial charge in [-0.15, -0.1) is 0 Å². The van der Waals surface area contributed by atoms with Crippen molar-refractivity contribution < 1.29 is 29.4 Å². The Bertz CT molecular complexity index is 1050. The van der Waals surface area contributed by atoms with E-state index in [1.54, 1.807) is 17.1 Å². The molecule has 1 amide bonds. The van der Waals surface area contributed by atoms with Crippen LogP contribution in [0.1, 0.15) is 48.5 Å². The summed E-state index contributed by atoms with van der Waals surface area (Å²) in [6, 6.07) is 1.09. The number of phenols is 2. The number of allylic oxidation sites excluding steroid dienone is 3. The number of fused-ring (bicyclic) bond motifs is 2. The number of carbonyl (C=O) groups excluding carboxylic acids is 2. The Kier molecular flexibility index (Phi) is 7.58. The SMILES string of the molecule is C[C@H]1CC(=O)c2c(O)cc(O)c(Cl)c2CC(=N\OCCN2CCCC2=O)/C=C/C=C\[C@@H]2O[C@H]2C1. The predicted octanol–water partition coefficient (Wildman–Crippen LogP) is 3.78. The molecule has 0 bridgehead atoms. The van der Waals surface area contributed by atoms with E-state index < -0.39 is 0 Å². The second-order valence-electron chi connectivity index (χ2n) is 9.01. The molecule has 8 nitrogen and oxygen atoms in total.